The van der Waals surface area contributed by atoms with E-state index in [2.05, 4.69) is 4.98 Å². The molecule has 3 heterocycles. The molecule has 0 spiro atoms. The summed E-state index contributed by atoms with van der Waals surface area (Å²) in [7, 11) is 1.70. The van der Waals surface area contributed by atoms with Gasteiger partial charge in [0.2, 0.25) is 5.91 Å². The van der Waals surface area contributed by atoms with Gasteiger partial charge in [-0.1, -0.05) is 0 Å². The van der Waals surface area contributed by atoms with Crippen molar-refractivity contribution in [2.75, 3.05) is 7.05 Å². The van der Waals surface area contributed by atoms with Crippen LogP contribution >= 0.6 is 11.3 Å². The van der Waals surface area contributed by atoms with Gasteiger partial charge in [0.25, 0.3) is 5.56 Å². The molecule has 0 unspecified atom stereocenters. The summed E-state index contributed by atoms with van der Waals surface area (Å²) in [5.74, 6) is 0.559. The van der Waals surface area contributed by atoms with Crippen molar-refractivity contribution in [3.8, 4) is 0 Å². The second kappa shape index (κ2) is 5.90. The molecule has 0 atom stereocenters. The molecular formula is C17H17N3O3S. The van der Waals surface area contributed by atoms with E-state index in [1.54, 1.807) is 35.6 Å². The number of carbonyl (C=O) groups is 1. The maximum Gasteiger partial charge on any atom is 0.262 e. The smallest absolute Gasteiger partial charge is 0.262 e. The molecule has 6 nitrogen and oxygen atoms in total. The number of fused-ring (bicyclic) bond motifs is 3. The maximum absolute atomic E-state index is 12.8. The van der Waals surface area contributed by atoms with E-state index >= 15 is 0 Å². The molecule has 0 saturated heterocycles. The fourth-order valence-electron chi connectivity index (χ4n) is 3.12. The Balaban J connectivity index is 1.59. The first kappa shape index (κ1) is 15.1. The fraction of sp³-hybridized carbons (Fsp3) is 0.353. The van der Waals surface area contributed by atoms with Gasteiger partial charge in [-0.05, 0) is 37.0 Å². The lowest BCUT2D eigenvalue weighted by Crippen LogP contribution is -2.33. The average Bonchev–Trinajstić information content (AvgIpc) is 3.26. The standard InChI is InChI=1S/C17H17N3O3S/c1-19(8-11-4-3-7-23-11)14(21)9-20-10-18-16-15(17(20)22)12-5-2-6-13(12)24-16/h3-4,7,10H,2,5-6,8-9H2,1H3. The highest BCUT2D eigenvalue weighted by Crippen LogP contribution is 2.34. The van der Waals surface area contributed by atoms with E-state index in [9.17, 15) is 9.59 Å². The van der Waals surface area contributed by atoms with Crippen molar-refractivity contribution in [2.45, 2.75) is 32.4 Å². The molecule has 4 rings (SSSR count). The van der Waals surface area contributed by atoms with Crippen molar-refractivity contribution in [3.05, 3.63) is 51.3 Å². The van der Waals surface area contributed by atoms with Crippen LogP contribution in [0.3, 0.4) is 0 Å². The van der Waals surface area contributed by atoms with Gasteiger partial charge in [0.15, 0.2) is 0 Å². The summed E-state index contributed by atoms with van der Waals surface area (Å²) in [6.07, 6.45) is 6.11. The quantitative estimate of drug-likeness (QED) is 0.728. The lowest BCUT2D eigenvalue weighted by molar-refractivity contribution is -0.131. The van der Waals surface area contributed by atoms with Gasteiger partial charge in [0.05, 0.1) is 24.5 Å². The number of aromatic nitrogens is 2. The highest BCUT2D eigenvalue weighted by Gasteiger charge is 2.22. The lowest BCUT2D eigenvalue weighted by atomic mass is 10.2. The molecule has 0 aliphatic heterocycles. The molecule has 124 valence electrons. The van der Waals surface area contributed by atoms with Gasteiger partial charge in [-0.25, -0.2) is 4.98 Å². The summed E-state index contributed by atoms with van der Waals surface area (Å²) in [5.41, 5.74) is 1.03. The highest BCUT2D eigenvalue weighted by molar-refractivity contribution is 7.18. The Bertz CT molecular complexity index is 956. The van der Waals surface area contributed by atoms with E-state index in [1.807, 2.05) is 6.07 Å². The third kappa shape index (κ3) is 2.54. The van der Waals surface area contributed by atoms with Gasteiger partial charge in [-0.15, -0.1) is 11.3 Å². The first-order valence-corrected chi connectivity index (χ1v) is 8.71. The number of thiophene rings is 1. The van der Waals surface area contributed by atoms with Crippen LogP contribution in [0.1, 0.15) is 22.6 Å². The number of nitrogens with zero attached hydrogens (tertiary/aromatic N) is 3. The Morgan fingerprint density at radius 2 is 2.33 bits per heavy atom. The summed E-state index contributed by atoms with van der Waals surface area (Å²) in [6.45, 7) is 0.369. The normalized spacial score (nSPS) is 13.4. The molecule has 7 heteroatoms. The Hall–Kier alpha value is -2.41. The number of hydrogen-bond donors (Lipinski definition) is 0. The zero-order valence-electron chi connectivity index (χ0n) is 13.3. The van der Waals surface area contributed by atoms with Crippen LogP contribution in [-0.2, 0) is 30.7 Å². The Labute approximate surface area is 142 Å². The second-order valence-electron chi connectivity index (χ2n) is 6.04. The first-order valence-electron chi connectivity index (χ1n) is 7.89. The number of amides is 1. The summed E-state index contributed by atoms with van der Waals surface area (Å²) in [5, 5.41) is 0.705. The predicted molar refractivity (Wildman–Crippen MR) is 91.1 cm³/mol. The van der Waals surface area contributed by atoms with E-state index in [1.165, 1.54) is 15.8 Å². The monoisotopic (exact) mass is 343 g/mol. The molecule has 0 fully saturated rings. The van der Waals surface area contributed by atoms with E-state index in [-0.39, 0.29) is 18.0 Å². The van der Waals surface area contributed by atoms with Crippen LogP contribution in [0.4, 0.5) is 0 Å². The fourth-order valence-corrected chi connectivity index (χ4v) is 4.34. The molecule has 0 saturated carbocycles. The van der Waals surface area contributed by atoms with Gasteiger partial charge >= 0.3 is 0 Å². The molecule has 0 aromatic carbocycles. The molecule has 0 N–H and O–H groups in total. The third-order valence-electron chi connectivity index (χ3n) is 4.40. The summed E-state index contributed by atoms with van der Waals surface area (Å²) in [6, 6.07) is 3.60. The van der Waals surface area contributed by atoms with Crippen LogP contribution in [-0.4, -0.2) is 27.4 Å². The van der Waals surface area contributed by atoms with Crippen LogP contribution in [0.15, 0.2) is 33.9 Å². The number of carbonyl (C=O) groups excluding carboxylic acids is 1. The minimum Gasteiger partial charge on any atom is -0.467 e. The number of furan rings is 1. The maximum atomic E-state index is 12.8. The largest absolute Gasteiger partial charge is 0.467 e. The van der Waals surface area contributed by atoms with Crippen molar-refractivity contribution >= 4 is 27.5 Å². The van der Waals surface area contributed by atoms with E-state index in [0.717, 1.165) is 29.7 Å². The SMILES string of the molecule is CN(Cc1ccco1)C(=O)Cn1cnc2sc3c(c2c1=O)CCC3. The Kier molecular flexibility index (Phi) is 3.72. The minimum atomic E-state index is -0.151. The summed E-state index contributed by atoms with van der Waals surface area (Å²) >= 11 is 1.61. The van der Waals surface area contributed by atoms with E-state index < -0.39 is 0 Å². The van der Waals surface area contributed by atoms with E-state index in [0.29, 0.717) is 17.7 Å². The summed E-state index contributed by atoms with van der Waals surface area (Å²) in [4.78, 5) is 33.2. The zero-order valence-corrected chi connectivity index (χ0v) is 14.1. The van der Waals surface area contributed by atoms with Gasteiger partial charge in [-0.2, -0.15) is 0 Å². The van der Waals surface area contributed by atoms with Gasteiger partial charge in [0.1, 0.15) is 17.1 Å². The highest BCUT2D eigenvalue weighted by atomic mass is 32.1. The third-order valence-corrected chi connectivity index (χ3v) is 5.60. The molecule has 3 aromatic heterocycles. The van der Waals surface area contributed by atoms with Crippen molar-refractivity contribution in [2.24, 2.45) is 0 Å². The lowest BCUT2D eigenvalue weighted by Gasteiger charge is -2.16. The summed E-state index contributed by atoms with van der Waals surface area (Å²) < 4.78 is 6.66. The predicted octanol–water partition coefficient (Wildman–Crippen LogP) is 2.20. The molecule has 24 heavy (non-hydrogen) atoms. The molecule has 1 aliphatic carbocycles. The van der Waals surface area contributed by atoms with Crippen molar-refractivity contribution < 1.29 is 9.21 Å². The van der Waals surface area contributed by atoms with Crippen LogP contribution in [0.2, 0.25) is 0 Å². The Morgan fingerprint density at radius 3 is 3.12 bits per heavy atom. The second-order valence-corrected chi connectivity index (χ2v) is 7.13. The molecule has 1 amide bonds. The van der Waals surface area contributed by atoms with Crippen LogP contribution < -0.4 is 5.56 Å². The van der Waals surface area contributed by atoms with Gasteiger partial charge in [-0.3, -0.25) is 14.2 Å². The Morgan fingerprint density at radius 1 is 1.46 bits per heavy atom. The van der Waals surface area contributed by atoms with Crippen molar-refractivity contribution in [3.63, 3.8) is 0 Å². The topological polar surface area (TPSA) is 68.3 Å². The zero-order chi connectivity index (χ0) is 16.7. The molecular weight excluding hydrogens is 326 g/mol. The molecule has 3 aromatic rings. The van der Waals surface area contributed by atoms with Crippen molar-refractivity contribution in [1.29, 1.82) is 0 Å². The van der Waals surface area contributed by atoms with Gasteiger partial charge < -0.3 is 9.32 Å². The number of aryl methyl sites for hydroxylation is 2. The first-order chi connectivity index (χ1) is 11.6. The molecule has 0 bridgehead atoms. The number of hydrogen-bond acceptors (Lipinski definition) is 5. The van der Waals surface area contributed by atoms with Crippen LogP contribution in [0, 0.1) is 0 Å². The minimum absolute atomic E-state index is 0.0103. The average molecular weight is 343 g/mol. The van der Waals surface area contributed by atoms with Crippen LogP contribution in [0.5, 0.6) is 0 Å². The van der Waals surface area contributed by atoms with Gasteiger partial charge in [0, 0.05) is 11.9 Å². The number of likely N-dealkylation sites (N-methyl/N-ethyl adjacent to an activating group) is 1. The molecule has 1 aliphatic rings. The van der Waals surface area contributed by atoms with E-state index in [4.69, 9.17) is 4.42 Å². The van der Waals surface area contributed by atoms with Crippen molar-refractivity contribution in [1.82, 2.24) is 14.5 Å². The molecule has 0 radical (unpaired) electrons. The van der Waals surface area contributed by atoms with Crippen LogP contribution in [0.25, 0.3) is 10.2 Å². The number of rotatable bonds is 4.